The molecule has 0 amide bonds. The Morgan fingerprint density at radius 2 is 1.12 bits per heavy atom. The lowest BCUT2D eigenvalue weighted by Crippen LogP contribution is -2.06. The highest BCUT2D eigenvalue weighted by Crippen LogP contribution is 2.24. The van der Waals surface area contributed by atoms with Gasteiger partial charge in [-0.3, -0.25) is 0 Å². The minimum atomic E-state index is -0.999. The molecule has 0 aliphatic rings. The molecule has 0 saturated carbocycles. The maximum atomic E-state index is 10.1. The van der Waals surface area contributed by atoms with Gasteiger partial charge >= 0.3 is 0 Å². The number of benzene rings is 3. The summed E-state index contributed by atoms with van der Waals surface area (Å²) in [6.45, 7) is 4.03. The number of nitrogens with zero attached hydrogens (tertiary/aromatic N) is 2. The third-order valence-corrected chi connectivity index (χ3v) is 3.76. The third-order valence-electron chi connectivity index (χ3n) is 3.76. The first-order chi connectivity index (χ1) is 12.1. The number of ether oxygens (including phenoxy) is 1. The number of hydrogen-bond acceptors (Lipinski definition) is 4. The van der Waals surface area contributed by atoms with Crippen LogP contribution in [0.1, 0.15) is 23.0 Å². The van der Waals surface area contributed by atoms with Gasteiger partial charge in [-0.2, -0.15) is 10.2 Å². The molecule has 0 heterocycles. The maximum absolute atomic E-state index is 10.1. The summed E-state index contributed by atoms with van der Waals surface area (Å²) in [7, 11) is 0. The molecule has 126 valence electrons. The molecule has 25 heavy (non-hydrogen) atoms. The van der Waals surface area contributed by atoms with Crippen LogP contribution in [0.2, 0.25) is 0 Å². The number of hydrogen-bond donors (Lipinski definition) is 1. The molecule has 0 aliphatic heterocycles. The number of aliphatic hydroxyl groups excluding tert-OH is 1. The van der Waals surface area contributed by atoms with Crippen LogP contribution in [0.25, 0.3) is 0 Å². The average molecular weight is 332 g/mol. The highest BCUT2D eigenvalue weighted by Gasteiger charge is 2.08. The van der Waals surface area contributed by atoms with Gasteiger partial charge in [-0.15, -0.1) is 0 Å². The van der Waals surface area contributed by atoms with Crippen molar-refractivity contribution in [1.29, 1.82) is 0 Å². The van der Waals surface area contributed by atoms with Gasteiger partial charge in [0, 0.05) is 5.56 Å². The van der Waals surface area contributed by atoms with Crippen molar-refractivity contribution in [2.75, 3.05) is 0 Å². The zero-order chi connectivity index (χ0) is 17.6. The van der Waals surface area contributed by atoms with Crippen molar-refractivity contribution >= 4 is 11.4 Å². The fourth-order valence-electron chi connectivity index (χ4n) is 2.25. The van der Waals surface area contributed by atoms with Gasteiger partial charge < -0.3 is 9.84 Å². The van der Waals surface area contributed by atoms with Crippen molar-refractivity contribution in [2.24, 2.45) is 10.2 Å². The standard InChI is InChI=1S/C21H20N2O2/c1-15-3-7-17(8-4-15)21(24)25-20-13-11-19(12-14-20)23-22-18-9-5-16(2)6-10-18/h3-14,21,24H,1-2H3. The molecular formula is C21H20N2O2. The van der Waals surface area contributed by atoms with Crippen LogP contribution in [0, 0.1) is 13.8 Å². The first kappa shape index (κ1) is 16.9. The van der Waals surface area contributed by atoms with Gasteiger partial charge in [0.15, 0.2) is 0 Å². The number of rotatable bonds is 5. The van der Waals surface area contributed by atoms with Crippen LogP contribution in [0.4, 0.5) is 11.4 Å². The lowest BCUT2D eigenvalue weighted by atomic mass is 10.1. The largest absolute Gasteiger partial charge is 0.461 e. The lowest BCUT2D eigenvalue weighted by Gasteiger charge is -2.14. The summed E-state index contributed by atoms with van der Waals surface area (Å²) in [6.07, 6.45) is -0.999. The predicted molar refractivity (Wildman–Crippen MR) is 98.6 cm³/mol. The van der Waals surface area contributed by atoms with Crippen molar-refractivity contribution in [2.45, 2.75) is 20.1 Å². The summed E-state index contributed by atoms with van der Waals surface area (Å²) in [5, 5.41) is 18.5. The second kappa shape index (κ2) is 7.73. The monoisotopic (exact) mass is 332 g/mol. The van der Waals surface area contributed by atoms with Gasteiger partial charge in [-0.1, -0.05) is 47.5 Å². The van der Waals surface area contributed by atoms with Crippen molar-refractivity contribution in [3.8, 4) is 5.75 Å². The lowest BCUT2D eigenvalue weighted by molar-refractivity contribution is -0.0194. The minimum absolute atomic E-state index is 0.572. The topological polar surface area (TPSA) is 54.2 Å². The molecule has 0 aromatic heterocycles. The summed E-state index contributed by atoms with van der Waals surface area (Å²) in [4.78, 5) is 0. The third kappa shape index (κ3) is 4.75. The smallest absolute Gasteiger partial charge is 0.224 e. The molecule has 0 bridgehead atoms. The number of aliphatic hydroxyl groups is 1. The summed E-state index contributed by atoms with van der Waals surface area (Å²) < 4.78 is 5.55. The summed E-state index contributed by atoms with van der Waals surface area (Å²) in [5.41, 5.74) is 4.57. The molecule has 1 unspecified atom stereocenters. The first-order valence-electron chi connectivity index (χ1n) is 8.10. The van der Waals surface area contributed by atoms with Crippen LogP contribution in [0.5, 0.6) is 5.75 Å². The Kier molecular flexibility index (Phi) is 5.21. The van der Waals surface area contributed by atoms with E-state index in [1.807, 2.05) is 62.4 Å². The summed E-state index contributed by atoms with van der Waals surface area (Å²) >= 11 is 0. The second-order valence-electron chi connectivity index (χ2n) is 5.91. The van der Waals surface area contributed by atoms with E-state index >= 15 is 0 Å². The summed E-state index contributed by atoms with van der Waals surface area (Å²) in [5.74, 6) is 0.572. The first-order valence-corrected chi connectivity index (χ1v) is 8.10. The Morgan fingerprint density at radius 3 is 1.64 bits per heavy atom. The van der Waals surface area contributed by atoms with Crippen LogP contribution in [-0.2, 0) is 0 Å². The molecule has 0 radical (unpaired) electrons. The Hall–Kier alpha value is -2.98. The van der Waals surface area contributed by atoms with Crippen molar-refractivity contribution < 1.29 is 9.84 Å². The Morgan fingerprint density at radius 1 is 0.680 bits per heavy atom. The predicted octanol–water partition coefficient (Wildman–Crippen LogP) is 5.79. The van der Waals surface area contributed by atoms with E-state index < -0.39 is 6.29 Å². The molecule has 3 aromatic carbocycles. The maximum Gasteiger partial charge on any atom is 0.224 e. The molecule has 1 atom stereocenters. The van der Waals surface area contributed by atoms with Crippen LogP contribution < -0.4 is 4.74 Å². The molecule has 4 heteroatoms. The zero-order valence-electron chi connectivity index (χ0n) is 14.3. The van der Waals surface area contributed by atoms with E-state index in [9.17, 15) is 5.11 Å². The number of azo groups is 1. The Labute approximate surface area is 147 Å². The van der Waals surface area contributed by atoms with E-state index in [4.69, 9.17) is 4.74 Å². The van der Waals surface area contributed by atoms with E-state index in [-0.39, 0.29) is 0 Å². The molecule has 3 aromatic rings. The van der Waals surface area contributed by atoms with E-state index in [0.717, 1.165) is 16.9 Å². The average Bonchev–Trinajstić information content (AvgIpc) is 2.63. The van der Waals surface area contributed by atoms with Crippen molar-refractivity contribution in [3.63, 3.8) is 0 Å². The summed E-state index contributed by atoms with van der Waals surface area (Å²) in [6, 6.07) is 22.6. The van der Waals surface area contributed by atoms with Gasteiger partial charge in [0.2, 0.25) is 6.29 Å². The molecule has 0 aliphatic carbocycles. The molecule has 4 nitrogen and oxygen atoms in total. The van der Waals surface area contributed by atoms with E-state index in [1.165, 1.54) is 5.56 Å². The van der Waals surface area contributed by atoms with Crippen LogP contribution in [0.15, 0.2) is 83.0 Å². The molecule has 1 N–H and O–H groups in total. The van der Waals surface area contributed by atoms with E-state index in [0.29, 0.717) is 11.3 Å². The molecule has 0 spiro atoms. The molecule has 0 fully saturated rings. The highest BCUT2D eigenvalue weighted by atomic mass is 16.6. The SMILES string of the molecule is Cc1ccc(N=Nc2ccc(OC(O)c3ccc(C)cc3)cc2)cc1. The minimum Gasteiger partial charge on any atom is -0.461 e. The zero-order valence-corrected chi connectivity index (χ0v) is 14.3. The number of aryl methyl sites for hydroxylation is 2. The van der Waals surface area contributed by atoms with Crippen LogP contribution >= 0.6 is 0 Å². The second-order valence-corrected chi connectivity index (χ2v) is 5.91. The Balaban J connectivity index is 1.63. The van der Waals surface area contributed by atoms with E-state index in [2.05, 4.69) is 10.2 Å². The van der Waals surface area contributed by atoms with Gasteiger partial charge in [-0.05, 0) is 50.2 Å². The van der Waals surface area contributed by atoms with Crippen LogP contribution in [0.3, 0.4) is 0 Å². The fraction of sp³-hybridized carbons (Fsp3) is 0.143. The van der Waals surface area contributed by atoms with E-state index in [1.54, 1.807) is 24.3 Å². The van der Waals surface area contributed by atoms with Gasteiger partial charge in [0.1, 0.15) is 5.75 Å². The van der Waals surface area contributed by atoms with Crippen molar-refractivity contribution in [3.05, 3.63) is 89.5 Å². The highest BCUT2D eigenvalue weighted by molar-refractivity contribution is 5.43. The molecule has 0 saturated heterocycles. The van der Waals surface area contributed by atoms with Crippen molar-refractivity contribution in [1.82, 2.24) is 0 Å². The van der Waals surface area contributed by atoms with Gasteiger partial charge in [-0.25, -0.2) is 0 Å². The fourth-order valence-corrected chi connectivity index (χ4v) is 2.25. The van der Waals surface area contributed by atoms with Gasteiger partial charge in [0.25, 0.3) is 0 Å². The molecule has 3 rings (SSSR count). The Bertz CT molecular complexity index is 839. The quantitative estimate of drug-likeness (QED) is 0.475. The molecular weight excluding hydrogens is 312 g/mol. The normalized spacial score (nSPS) is 12.3. The van der Waals surface area contributed by atoms with Crippen LogP contribution in [-0.4, -0.2) is 5.11 Å². The van der Waals surface area contributed by atoms with Gasteiger partial charge in [0.05, 0.1) is 11.4 Å².